The molecule has 13 unspecified atom stereocenters. The molecular formula is C38H61N3O7. The largest absolute Gasteiger partial charge is 0.446 e. The van der Waals surface area contributed by atoms with Gasteiger partial charge in [-0.2, -0.15) is 0 Å². The number of carbonyl (C=O) groups is 2. The Balaban J connectivity index is 1.03. The number of carbonyl (C=O) groups excluding carboxylic acids is 2. The van der Waals surface area contributed by atoms with E-state index in [1.165, 1.54) is 6.42 Å². The molecule has 10 heteroatoms. The number of nitrogens with zero attached hydrogens (tertiary/aromatic N) is 2. The molecule has 0 radical (unpaired) electrons. The second-order valence-electron chi connectivity index (χ2n) is 18.6. The molecule has 3 saturated heterocycles. The van der Waals surface area contributed by atoms with E-state index in [0.717, 1.165) is 64.5 Å². The topological polar surface area (TPSA) is 124 Å². The van der Waals surface area contributed by atoms with E-state index in [2.05, 4.69) is 41.5 Å². The number of rotatable bonds is 4. The Kier molecular flexibility index (Phi) is 7.81. The molecule has 8 aliphatic rings. The molecule has 3 aliphatic heterocycles. The van der Waals surface area contributed by atoms with Crippen molar-refractivity contribution in [2.75, 3.05) is 39.4 Å². The summed E-state index contributed by atoms with van der Waals surface area (Å²) in [7, 11) is 0. The summed E-state index contributed by atoms with van der Waals surface area (Å²) >= 11 is 0. The maximum atomic E-state index is 13.2. The molecular weight excluding hydrogens is 610 g/mol. The van der Waals surface area contributed by atoms with Crippen LogP contribution in [0.4, 0.5) is 9.59 Å². The summed E-state index contributed by atoms with van der Waals surface area (Å²) in [4.78, 5) is 29.7. The SMILES string of the molecule is CC(C)C(OC(=O)N1CCC1)C1CC(C)C2C(O1)C(O)C1(N)C3CCC4C(C)(C)C(OC(=O)N5CCOCC5)CCC45CC35CCC21C. The zero-order chi connectivity index (χ0) is 34.0. The quantitative estimate of drug-likeness (QED) is 0.419. The van der Waals surface area contributed by atoms with Crippen molar-refractivity contribution in [3.63, 3.8) is 0 Å². The van der Waals surface area contributed by atoms with E-state index >= 15 is 0 Å². The van der Waals surface area contributed by atoms with Gasteiger partial charge in [-0.1, -0.05) is 41.5 Å². The molecule has 270 valence electrons. The highest BCUT2D eigenvalue weighted by atomic mass is 16.6. The summed E-state index contributed by atoms with van der Waals surface area (Å²) in [6.45, 7) is 17.4. The molecule has 0 aromatic carbocycles. The highest BCUT2D eigenvalue weighted by molar-refractivity contribution is 5.69. The van der Waals surface area contributed by atoms with Crippen molar-refractivity contribution in [2.24, 2.45) is 57.0 Å². The van der Waals surface area contributed by atoms with Crippen molar-refractivity contribution in [3.8, 4) is 0 Å². The van der Waals surface area contributed by atoms with Crippen LogP contribution in [0.15, 0.2) is 0 Å². The fraction of sp³-hybridized carbons (Fsp3) is 0.947. The van der Waals surface area contributed by atoms with Crippen molar-refractivity contribution in [2.45, 2.75) is 135 Å². The summed E-state index contributed by atoms with van der Waals surface area (Å²) in [6.07, 6.45) is 6.81. The van der Waals surface area contributed by atoms with Crippen LogP contribution in [0.25, 0.3) is 0 Å². The van der Waals surface area contributed by atoms with E-state index in [1.54, 1.807) is 9.80 Å². The van der Waals surface area contributed by atoms with Crippen LogP contribution < -0.4 is 5.73 Å². The average molecular weight is 672 g/mol. The fourth-order valence-electron chi connectivity index (χ4n) is 13.6. The molecule has 2 spiro atoms. The van der Waals surface area contributed by atoms with Gasteiger partial charge in [-0.3, -0.25) is 0 Å². The third-order valence-corrected chi connectivity index (χ3v) is 16.1. The Labute approximate surface area is 287 Å². The summed E-state index contributed by atoms with van der Waals surface area (Å²) in [5.74, 6) is 1.23. The summed E-state index contributed by atoms with van der Waals surface area (Å²) in [6, 6.07) is 0. The molecule has 5 aliphatic carbocycles. The molecule has 8 fully saturated rings. The molecule has 0 aromatic rings. The van der Waals surface area contributed by atoms with Crippen molar-refractivity contribution in [3.05, 3.63) is 0 Å². The van der Waals surface area contributed by atoms with E-state index in [-0.39, 0.29) is 81.9 Å². The van der Waals surface area contributed by atoms with Gasteiger partial charge in [-0.05, 0) is 104 Å². The van der Waals surface area contributed by atoms with E-state index in [0.29, 0.717) is 32.2 Å². The second kappa shape index (κ2) is 11.2. The van der Waals surface area contributed by atoms with Gasteiger partial charge in [-0.15, -0.1) is 0 Å². The molecule has 3 heterocycles. The van der Waals surface area contributed by atoms with Crippen LogP contribution in [-0.4, -0.2) is 103 Å². The maximum Gasteiger partial charge on any atom is 0.410 e. The number of nitrogens with two attached hydrogens (primary N) is 1. The van der Waals surface area contributed by atoms with Crippen molar-refractivity contribution in [1.82, 2.24) is 9.80 Å². The number of amides is 2. The number of hydrogen-bond donors (Lipinski definition) is 2. The van der Waals surface area contributed by atoms with Crippen LogP contribution in [0.5, 0.6) is 0 Å². The predicted molar refractivity (Wildman–Crippen MR) is 179 cm³/mol. The minimum Gasteiger partial charge on any atom is -0.446 e. The number of morpholine rings is 1. The molecule has 10 nitrogen and oxygen atoms in total. The number of ether oxygens (including phenoxy) is 4. The minimum atomic E-state index is -0.771. The average Bonchev–Trinajstić information content (AvgIpc) is 3.65. The number of likely N-dealkylation sites (tertiary alicyclic amines) is 1. The van der Waals surface area contributed by atoms with Crippen LogP contribution in [0, 0.1) is 51.2 Å². The van der Waals surface area contributed by atoms with Crippen LogP contribution in [0.1, 0.15) is 99.3 Å². The lowest BCUT2D eigenvalue weighted by Crippen LogP contribution is -2.70. The smallest absolute Gasteiger partial charge is 0.410 e. The summed E-state index contributed by atoms with van der Waals surface area (Å²) < 4.78 is 24.8. The minimum absolute atomic E-state index is 0.101. The van der Waals surface area contributed by atoms with Gasteiger partial charge < -0.3 is 39.6 Å². The van der Waals surface area contributed by atoms with Gasteiger partial charge in [0.15, 0.2) is 0 Å². The van der Waals surface area contributed by atoms with Gasteiger partial charge in [0.25, 0.3) is 0 Å². The van der Waals surface area contributed by atoms with Gasteiger partial charge in [-0.25, -0.2) is 9.59 Å². The fourth-order valence-corrected chi connectivity index (χ4v) is 13.6. The highest BCUT2D eigenvalue weighted by Gasteiger charge is 2.85. The number of hydrogen-bond acceptors (Lipinski definition) is 8. The Morgan fingerprint density at radius 1 is 0.917 bits per heavy atom. The third kappa shape index (κ3) is 4.36. The molecule has 8 rings (SSSR count). The third-order valence-electron chi connectivity index (χ3n) is 16.1. The van der Waals surface area contributed by atoms with Gasteiger partial charge in [0.1, 0.15) is 12.2 Å². The molecule has 5 saturated carbocycles. The van der Waals surface area contributed by atoms with E-state index in [9.17, 15) is 14.7 Å². The van der Waals surface area contributed by atoms with Gasteiger partial charge >= 0.3 is 12.2 Å². The Bertz CT molecular complexity index is 1300. The maximum absolute atomic E-state index is 13.2. The molecule has 0 aromatic heterocycles. The van der Waals surface area contributed by atoms with Crippen LogP contribution >= 0.6 is 0 Å². The lowest BCUT2D eigenvalue weighted by Gasteiger charge is -2.63. The molecule has 13 atom stereocenters. The van der Waals surface area contributed by atoms with Crippen LogP contribution in [0.3, 0.4) is 0 Å². The van der Waals surface area contributed by atoms with E-state index in [1.807, 2.05) is 0 Å². The number of aliphatic hydroxyl groups excluding tert-OH is 1. The summed E-state index contributed by atoms with van der Waals surface area (Å²) in [5.41, 5.74) is 6.99. The number of aliphatic hydroxyl groups is 1. The second-order valence-corrected chi connectivity index (χ2v) is 18.6. The molecule has 0 bridgehead atoms. The molecule has 2 amide bonds. The van der Waals surface area contributed by atoms with Crippen molar-refractivity contribution >= 4 is 12.2 Å². The first kappa shape index (κ1) is 33.5. The Hall–Kier alpha value is -1.62. The first-order valence-electron chi connectivity index (χ1n) is 19.3. The monoisotopic (exact) mass is 671 g/mol. The van der Waals surface area contributed by atoms with Crippen molar-refractivity contribution in [1.29, 1.82) is 0 Å². The van der Waals surface area contributed by atoms with Gasteiger partial charge in [0, 0.05) is 31.6 Å². The lowest BCUT2D eigenvalue weighted by molar-refractivity contribution is -0.180. The Morgan fingerprint density at radius 2 is 1.58 bits per heavy atom. The Morgan fingerprint density at radius 3 is 2.25 bits per heavy atom. The van der Waals surface area contributed by atoms with E-state index < -0.39 is 11.6 Å². The standard InChI is InChI=1S/C38H61N3O7/c1-22(2)29(48-33(44)40-14-7-15-40)24-20-23(3)28-30(46-24)31(42)38(39)26-9-8-25-34(4,5)27(47-32(43)41-16-18-45-19-17-41)10-11-36(25)21-37(26,36)13-12-35(28,38)6/h22-31,42H,7-21,39H2,1-6H3. The van der Waals surface area contributed by atoms with Gasteiger partial charge in [0.2, 0.25) is 0 Å². The molecule has 3 N–H and O–H groups in total. The van der Waals surface area contributed by atoms with Crippen LogP contribution in [-0.2, 0) is 18.9 Å². The zero-order valence-corrected chi connectivity index (χ0v) is 30.2. The zero-order valence-electron chi connectivity index (χ0n) is 30.2. The van der Waals surface area contributed by atoms with E-state index in [4.69, 9.17) is 24.7 Å². The van der Waals surface area contributed by atoms with Crippen LogP contribution in [0.2, 0.25) is 0 Å². The lowest BCUT2D eigenvalue weighted by atomic mass is 9.43. The van der Waals surface area contributed by atoms with Gasteiger partial charge in [0.05, 0.1) is 37.1 Å². The number of fused-ring (bicyclic) bond motifs is 4. The first-order valence-corrected chi connectivity index (χ1v) is 19.3. The predicted octanol–water partition coefficient (Wildman–Crippen LogP) is 5.20. The summed E-state index contributed by atoms with van der Waals surface area (Å²) in [5, 5.41) is 12.5. The first-order chi connectivity index (χ1) is 22.7. The highest BCUT2D eigenvalue weighted by Crippen LogP contribution is 2.87. The normalized spacial score (nSPS) is 49.4. The molecule has 48 heavy (non-hydrogen) atoms. The van der Waals surface area contributed by atoms with Crippen molar-refractivity contribution < 1.29 is 33.6 Å².